The van der Waals surface area contributed by atoms with Gasteiger partial charge in [0.2, 0.25) is 0 Å². The molecule has 1 aromatic carbocycles. The molecular weight excluding hydrogens is 240 g/mol. The number of fused-ring (bicyclic) bond motifs is 1. The zero-order chi connectivity index (χ0) is 13.4. The Morgan fingerprint density at radius 1 is 1.37 bits per heavy atom. The van der Waals surface area contributed by atoms with Crippen molar-refractivity contribution < 1.29 is 4.74 Å². The molecule has 1 unspecified atom stereocenters. The third-order valence-electron chi connectivity index (χ3n) is 3.70. The number of rotatable bonds is 2. The molecule has 2 aromatic rings. The van der Waals surface area contributed by atoms with E-state index < -0.39 is 0 Å². The van der Waals surface area contributed by atoms with Crippen molar-refractivity contribution in [1.29, 1.82) is 0 Å². The number of nitrogens with two attached hydrogens (primary N) is 1. The second-order valence-corrected chi connectivity index (χ2v) is 5.14. The molecule has 1 aliphatic rings. The van der Waals surface area contributed by atoms with E-state index in [1.54, 1.807) is 7.11 Å². The molecule has 0 radical (unpaired) electrons. The number of nitrogen functional groups attached to an aromatic ring is 1. The van der Waals surface area contributed by atoms with Gasteiger partial charge in [0.1, 0.15) is 11.6 Å². The zero-order valence-electron chi connectivity index (χ0n) is 11.3. The van der Waals surface area contributed by atoms with Crippen LogP contribution in [-0.4, -0.2) is 21.9 Å². The number of aromatic nitrogens is 3. The van der Waals surface area contributed by atoms with Gasteiger partial charge in [-0.05, 0) is 24.5 Å². The molecule has 0 amide bonds. The number of hydrogen-bond donors (Lipinski definition) is 1. The second kappa shape index (κ2) is 4.57. The number of benzene rings is 1. The van der Waals surface area contributed by atoms with E-state index in [4.69, 9.17) is 10.5 Å². The van der Waals surface area contributed by atoms with E-state index in [1.165, 1.54) is 0 Å². The Labute approximate surface area is 112 Å². The van der Waals surface area contributed by atoms with E-state index >= 15 is 0 Å². The topological polar surface area (TPSA) is 66.0 Å². The van der Waals surface area contributed by atoms with Crippen LogP contribution in [-0.2, 0) is 13.0 Å². The van der Waals surface area contributed by atoms with Gasteiger partial charge in [-0.1, -0.05) is 6.92 Å². The van der Waals surface area contributed by atoms with Gasteiger partial charge in [0.25, 0.3) is 0 Å². The standard InChI is InChI=1S/C14H18N4O/c1-9-5-6-18-13(7-9)16-17-14(18)11-4-3-10(19-2)8-12(11)15/h3-4,8-9H,5-7,15H2,1-2H3. The van der Waals surface area contributed by atoms with Crippen molar-refractivity contribution in [3.63, 3.8) is 0 Å². The Kier molecular flexibility index (Phi) is 2.89. The summed E-state index contributed by atoms with van der Waals surface area (Å²) in [6.07, 6.45) is 2.15. The summed E-state index contributed by atoms with van der Waals surface area (Å²) in [7, 11) is 1.63. The molecule has 1 aliphatic heterocycles. The van der Waals surface area contributed by atoms with Crippen LogP contribution in [0.15, 0.2) is 18.2 Å². The Morgan fingerprint density at radius 3 is 2.95 bits per heavy atom. The molecule has 100 valence electrons. The molecule has 5 heteroatoms. The zero-order valence-corrected chi connectivity index (χ0v) is 11.3. The lowest BCUT2D eigenvalue weighted by atomic mass is 10.00. The van der Waals surface area contributed by atoms with Crippen molar-refractivity contribution in [2.75, 3.05) is 12.8 Å². The van der Waals surface area contributed by atoms with Gasteiger partial charge in [-0.2, -0.15) is 0 Å². The first kappa shape index (κ1) is 12.0. The van der Waals surface area contributed by atoms with Crippen molar-refractivity contribution in [3.8, 4) is 17.1 Å². The minimum absolute atomic E-state index is 0.674. The van der Waals surface area contributed by atoms with E-state index in [0.717, 1.165) is 42.3 Å². The molecule has 0 bridgehead atoms. The predicted octanol–water partition coefficient (Wildman–Crippen LogP) is 2.12. The minimum atomic E-state index is 0.674. The van der Waals surface area contributed by atoms with Crippen LogP contribution in [0.25, 0.3) is 11.4 Å². The van der Waals surface area contributed by atoms with Crippen LogP contribution in [0.2, 0.25) is 0 Å². The Morgan fingerprint density at radius 2 is 2.21 bits per heavy atom. The molecule has 1 atom stereocenters. The van der Waals surface area contributed by atoms with Gasteiger partial charge in [0.15, 0.2) is 5.82 Å². The SMILES string of the molecule is COc1ccc(-c2nnc3n2CCC(C)C3)c(N)c1. The Hall–Kier alpha value is -2.04. The van der Waals surface area contributed by atoms with Crippen molar-refractivity contribution >= 4 is 5.69 Å². The maximum absolute atomic E-state index is 6.09. The van der Waals surface area contributed by atoms with Crippen LogP contribution in [0.5, 0.6) is 5.75 Å². The lowest BCUT2D eigenvalue weighted by Crippen LogP contribution is -2.18. The van der Waals surface area contributed by atoms with E-state index in [0.29, 0.717) is 11.6 Å². The Balaban J connectivity index is 2.03. The molecule has 5 nitrogen and oxygen atoms in total. The van der Waals surface area contributed by atoms with Crippen molar-refractivity contribution in [2.24, 2.45) is 5.92 Å². The van der Waals surface area contributed by atoms with Gasteiger partial charge >= 0.3 is 0 Å². The summed E-state index contributed by atoms with van der Waals surface area (Å²) in [4.78, 5) is 0. The largest absolute Gasteiger partial charge is 0.497 e. The summed E-state index contributed by atoms with van der Waals surface area (Å²) in [6, 6.07) is 5.67. The van der Waals surface area contributed by atoms with Gasteiger partial charge in [-0.15, -0.1) is 10.2 Å². The third kappa shape index (κ3) is 2.05. The highest BCUT2D eigenvalue weighted by atomic mass is 16.5. The number of anilines is 1. The van der Waals surface area contributed by atoms with Gasteiger partial charge in [-0.25, -0.2) is 0 Å². The van der Waals surface area contributed by atoms with E-state index in [2.05, 4.69) is 21.7 Å². The van der Waals surface area contributed by atoms with E-state index in [1.807, 2.05) is 18.2 Å². The number of hydrogen-bond acceptors (Lipinski definition) is 4. The van der Waals surface area contributed by atoms with Crippen LogP contribution < -0.4 is 10.5 Å². The average Bonchev–Trinajstić information content (AvgIpc) is 2.81. The summed E-state index contributed by atoms with van der Waals surface area (Å²) in [5.74, 6) is 3.36. The highest BCUT2D eigenvalue weighted by Gasteiger charge is 2.21. The van der Waals surface area contributed by atoms with Gasteiger partial charge in [0.05, 0.1) is 7.11 Å². The smallest absolute Gasteiger partial charge is 0.166 e. The van der Waals surface area contributed by atoms with E-state index in [-0.39, 0.29) is 0 Å². The highest BCUT2D eigenvalue weighted by molar-refractivity contribution is 5.73. The van der Waals surface area contributed by atoms with E-state index in [9.17, 15) is 0 Å². The fourth-order valence-corrected chi connectivity index (χ4v) is 2.56. The summed E-state index contributed by atoms with van der Waals surface area (Å²) in [6.45, 7) is 3.21. The maximum Gasteiger partial charge on any atom is 0.166 e. The van der Waals surface area contributed by atoms with Crippen LogP contribution in [0, 0.1) is 5.92 Å². The summed E-state index contributed by atoms with van der Waals surface area (Å²) >= 11 is 0. The quantitative estimate of drug-likeness (QED) is 0.838. The summed E-state index contributed by atoms with van der Waals surface area (Å²) < 4.78 is 7.35. The molecule has 2 N–H and O–H groups in total. The normalized spacial score (nSPS) is 18.1. The van der Waals surface area contributed by atoms with Crippen LogP contribution in [0.3, 0.4) is 0 Å². The molecule has 19 heavy (non-hydrogen) atoms. The van der Waals surface area contributed by atoms with Gasteiger partial charge in [-0.3, -0.25) is 0 Å². The first-order valence-corrected chi connectivity index (χ1v) is 6.55. The van der Waals surface area contributed by atoms with Crippen LogP contribution in [0.1, 0.15) is 19.2 Å². The Bertz CT molecular complexity index is 605. The van der Waals surface area contributed by atoms with Crippen molar-refractivity contribution in [1.82, 2.24) is 14.8 Å². The van der Waals surface area contributed by atoms with Crippen LogP contribution >= 0.6 is 0 Å². The first-order valence-electron chi connectivity index (χ1n) is 6.55. The molecule has 0 saturated heterocycles. The lowest BCUT2D eigenvalue weighted by Gasteiger charge is -2.20. The average molecular weight is 258 g/mol. The number of ether oxygens (including phenoxy) is 1. The molecular formula is C14H18N4O. The van der Waals surface area contributed by atoms with Crippen LogP contribution in [0.4, 0.5) is 5.69 Å². The van der Waals surface area contributed by atoms with Crippen molar-refractivity contribution in [3.05, 3.63) is 24.0 Å². The molecule has 1 aromatic heterocycles. The summed E-state index contributed by atoms with van der Waals surface area (Å²) in [5.41, 5.74) is 7.69. The fraction of sp³-hybridized carbons (Fsp3) is 0.429. The molecule has 0 aliphatic carbocycles. The molecule has 0 spiro atoms. The fourth-order valence-electron chi connectivity index (χ4n) is 2.56. The number of nitrogens with zero attached hydrogens (tertiary/aromatic N) is 3. The second-order valence-electron chi connectivity index (χ2n) is 5.14. The lowest BCUT2D eigenvalue weighted by molar-refractivity contribution is 0.411. The first-order chi connectivity index (χ1) is 9.19. The minimum Gasteiger partial charge on any atom is -0.497 e. The monoisotopic (exact) mass is 258 g/mol. The highest BCUT2D eigenvalue weighted by Crippen LogP contribution is 2.31. The number of methoxy groups -OCH3 is 1. The molecule has 3 rings (SSSR count). The summed E-state index contributed by atoms with van der Waals surface area (Å²) in [5, 5.41) is 8.60. The maximum atomic E-state index is 6.09. The predicted molar refractivity (Wildman–Crippen MR) is 73.9 cm³/mol. The molecule has 0 fully saturated rings. The molecule has 2 heterocycles. The molecule has 0 saturated carbocycles. The van der Waals surface area contributed by atoms with Gasteiger partial charge in [0, 0.05) is 30.3 Å². The third-order valence-corrected chi connectivity index (χ3v) is 3.70. The van der Waals surface area contributed by atoms with Gasteiger partial charge < -0.3 is 15.0 Å². The van der Waals surface area contributed by atoms with Crippen molar-refractivity contribution in [2.45, 2.75) is 26.3 Å².